The summed E-state index contributed by atoms with van der Waals surface area (Å²) in [4.78, 5) is 0. The van der Waals surface area contributed by atoms with E-state index in [0.29, 0.717) is 6.04 Å². The fourth-order valence-electron chi connectivity index (χ4n) is 1.88. The molecule has 0 saturated heterocycles. The van der Waals surface area contributed by atoms with Crippen molar-refractivity contribution in [3.63, 3.8) is 0 Å². The summed E-state index contributed by atoms with van der Waals surface area (Å²) in [5, 5.41) is 3.39. The van der Waals surface area contributed by atoms with Crippen LogP contribution >= 0.6 is 0 Å². The Balaban J connectivity index is 2.49. The van der Waals surface area contributed by atoms with Crippen molar-refractivity contribution in [1.82, 2.24) is 0 Å². The van der Waals surface area contributed by atoms with Crippen molar-refractivity contribution in [2.24, 2.45) is 0 Å². The molecule has 1 unspecified atom stereocenters. The molecule has 114 valence electrons. The van der Waals surface area contributed by atoms with Gasteiger partial charge in [0.15, 0.2) is 6.61 Å². The minimum atomic E-state index is -4.30. The molecule has 0 radical (unpaired) electrons. The molecule has 1 aromatic carbocycles. The second-order valence-electron chi connectivity index (χ2n) is 4.82. The quantitative estimate of drug-likeness (QED) is 0.726. The Labute approximate surface area is 118 Å². The van der Waals surface area contributed by atoms with Crippen molar-refractivity contribution in [3.05, 3.63) is 24.3 Å². The number of unbranched alkanes of at least 4 members (excludes halogenated alkanes) is 1. The zero-order valence-corrected chi connectivity index (χ0v) is 12.0. The predicted octanol–water partition coefficient (Wildman–Crippen LogP) is 5.01. The zero-order chi connectivity index (χ0) is 15.0. The third kappa shape index (κ3) is 6.68. The van der Waals surface area contributed by atoms with Crippen LogP contribution in [0.25, 0.3) is 0 Å². The molecule has 5 heteroatoms. The molecule has 20 heavy (non-hydrogen) atoms. The summed E-state index contributed by atoms with van der Waals surface area (Å²) in [6, 6.07) is 7.01. The summed E-state index contributed by atoms with van der Waals surface area (Å²) >= 11 is 0. The number of ether oxygens (including phenoxy) is 1. The number of hydrogen-bond donors (Lipinski definition) is 1. The number of anilines is 1. The lowest BCUT2D eigenvalue weighted by molar-refractivity contribution is -0.153. The average molecular weight is 289 g/mol. The van der Waals surface area contributed by atoms with E-state index in [-0.39, 0.29) is 5.75 Å². The van der Waals surface area contributed by atoms with Gasteiger partial charge in [-0.25, -0.2) is 0 Å². The van der Waals surface area contributed by atoms with E-state index in [9.17, 15) is 13.2 Å². The van der Waals surface area contributed by atoms with E-state index in [1.54, 1.807) is 24.3 Å². The summed E-state index contributed by atoms with van der Waals surface area (Å²) in [6.45, 7) is 3.02. The fourth-order valence-corrected chi connectivity index (χ4v) is 1.88. The first-order valence-electron chi connectivity index (χ1n) is 7.00. The standard InChI is InChI=1S/C15H22F3NO/c1-3-5-6-12(4-2)19-13-7-9-14(10-8-13)20-11-15(16,17)18/h7-10,12,19H,3-6,11H2,1-2H3. The molecule has 0 fully saturated rings. The molecule has 1 rings (SSSR count). The van der Waals surface area contributed by atoms with Crippen LogP contribution in [0.15, 0.2) is 24.3 Å². The topological polar surface area (TPSA) is 21.3 Å². The molecule has 0 amide bonds. The average Bonchev–Trinajstić information content (AvgIpc) is 2.41. The summed E-state index contributed by atoms with van der Waals surface area (Å²) < 4.78 is 40.7. The molecule has 1 N–H and O–H groups in total. The third-order valence-corrected chi connectivity index (χ3v) is 3.03. The molecule has 2 nitrogen and oxygen atoms in total. The van der Waals surface area contributed by atoms with Crippen LogP contribution in [0.3, 0.4) is 0 Å². The van der Waals surface area contributed by atoms with E-state index in [1.165, 1.54) is 0 Å². The van der Waals surface area contributed by atoms with E-state index in [1.807, 2.05) is 0 Å². The van der Waals surface area contributed by atoms with Crippen LogP contribution < -0.4 is 10.1 Å². The molecule has 0 aliphatic carbocycles. The maximum absolute atomic E-state index is 12.0. The predicted molar refractivity (Wildman–Crippen MR) is 75.2 cm³/mol. The highest BCUT2D eigenvalue weighted by molar-refractivity contribution is 5.47. The molecule has 0 spiro atoms. The third-order valence-electron chi connectivity index (χ3n) is 3.03. The zero-order valence-electron chi connectivity index (χ0n) is 12.0. The van der Waals surface area contributed by atoms with Gasteiger partial charge in [0.25, 0.3) is 0 Å². The van der Waals surface area contributed by atoms with Gasteiger partial charge in [-0.1, -0.05) is 26.7 Å². The Bertz CT molecular complexity index is 376. The summed E-state index contributed by atoms with van der Waals surface area (Å²) in [5.74, 6) is 0.231. The number of halogens is 3. The van der Waals surface area contributed by atoms with Gasteiger partial charge in [-0.15, -0.1) is 0 Å². The van der Waals surface area contributed by atoms with Crippen LogP contribution in [0.5, 0.6) is 5.75 Å². The maximum Gasteiger partial charge on any atom is 0.422 e. The van der Waals surface area contributed by atoms with Gasteiger partial charge in [0, 0.05) is 11.7 Å². The van der Waals surface area contributed by atoms with E-state index >= 15 is 0 Å². The smallest absolute Gasteiger partial charge is 0.422 e. The van der Waals surface area contributed by atoms with Crippen molar-refractivity contribution in [2.75, 3.05) is 11.9 Å². The van der Waals surface area contributed by atoms with Gasteiger partial charge in [-0.3, -0.25) is 0 Å². The first-order valence-corrected chi connectivity index (χ1v) is 7.00. The van der Waals surface area contributed by atoms with Crippen molar-refractivity contribution >= 4 is 5.69 Å². The molecule has 0 bridgehead atoms. The number of benzene rings is 1. The minimum Gasteiger partial charge on any atom is -0.484 e. The van der Waals surface area contributed by atoms with Crippen molar-refractivity contribution in [1.29, 1.82) is 0 Å². The Morgan fingerprint density at radius 1 is 1.15 bits per heavy atom. The molecular weight excluding hydrogens is 267 g/mol. The fraction of sp³-hybridized carbons (Fsp3) is 0.600. The van der Waals surface area contributed by atoms with Crippen LogP contribution in [0, 0.1) is 0 Å². The van der Waals surface area contributed by atoms with Crippen molar-refractivity contribution < 1.29 is 17.9 Å². The second-order valence-corrected chi connectivity index (χ2v) is 4.82. The number of nitrogens with one attached hydrogen (secondary N) is 1. The summed E-state index contributed by atoms with van der Waals surface area (Å²) in [5.41, 5.74) is 0.910. The van der Waals surface area contributed by atoms with Gasteiger partial charge in [0.2, 0.25) is 0 Å². The van der Waals surface area contributed by atoms with Crippen molar-refractivity contribution in [2.45, 2.75) is 51.7 Å². The number of hydrogen-bond acceptors (Lipinski definition) is 2. The first kappa shape index (κ1) is 16.7. The van der Waals surface area contributed by atoms with Gasteiger partial charge in [-0.2, -0.15) is 13.2 Å². The summed E-state index contributed by atoms with van der Waals surface area (Å²) in [6.07, 6.45) is 0.136. The highest BCUT2D eigenvalue weighted by atomic mass is 19.4. The monoisotopic (exact) mass is 289 g/mol. The maximum atomic E-state index is 12.0. The molecule has 1 aromatic rings. The Kier molecular flexibility index (Phi) is 6.68. The number of alkyl halides is 3. The van der Waals surface area contributed by atoms with E-state index in [4.69, 9.17) is 0 Å². The van der Waals surface area contributed by atoms with Crippen LogP contribution in [-0.4, -0.2) is 18.8 Å². The lowest BCUT2D eigenvalue weighted by atomic mass is 10.1. The molecule has 1 atom stereocenters. The summed E-state index contributed by atoms with van der Waals surface area (Å²) in [7, 11) is 0. The Hall–Kier alpha value is -1.39. The highest BCUT2D eigenvalue weighted by Crippen LogP contribution is 2.21. The molecule has 0 aliphatic heterocycles. The first-order chi connectivity index (χ1) is 9.44. The second kappa shape index (κ2) is 8.02. The van der Waals surface area contributed by atoms with Crippen LogP contribution in [-0.2, 0) is 0 Å². The van der Waals surface area contributed by atoms with Gasteiger partial charge in [0.05, 0.1) is 0 Å². The van der Waals surface area contributed by atoms with E-state index in [2.05, 4.69) is 23.9 Å². The molecule has 0 aliphatic rings. The van der Waals surface area contributed by atoms with Crippen LogP contribution in [0.2, 0.25) is 0 Å². The van der Waals surface area contributed by atoms with Crippen LogP contribution in [0.1, 0.15) is 39.5 Å². The Morgan fingerprint density at radius 2 is 1.80 bits per heavy atom. The van der Waals surface area contributed by atoms with Gasteiger partial charge >= 0.3 is 6.18 Å². The minimum absolute atomic E-state index is 0.231. The highest BCUT2D eigenvalue weighted by Gasteiger charge is 2.28. The van der Waals surface area contributed by atoms with Gasteiger partial charge in [0.1, 0.15) is 5.75 Å². The lowest BCUT2D eigenvalue weighted by Gasteiger charge is -2.18. The van der Waals surface area contributed by atoms with E-state index < -0.39 is 12.8 Å². The SMILES string of the molecule is CCCCC(CC)Nc1ccc(OCC(F)(F)F)cc1. The number of rotatable bonds is 8. The van der Waals surface area contributed by atoms with E-state index in [0.717, 1.165) is 31.4 Å². The normalized spacial score (nSPS) is 13.1. The van der Waals surface area contributed by atoms with Crippen LogP contribution in [0.4, 0.5) is 18.9 Å². The lowest BCUT2D eigenvalue weighted by Crippen LogP contribution is -2.19. The van der Waals surface area contributed by atoms with Crippen molar-refractivity contribution in [3.8, 4) is 5.75 Å². The molecule has 0 heterocycles. The van der Waals surface area contributed by atoms with Gasteiger partial charge in [-0.05, 0) is 37.1 Å². The molecule has 0 saturated carbocycles. The largest absolute Gasteiger partial charge is 0.484 e. The van der Waals surface area contributed by atoms with Gasteiger partial charge < -0.3 is 10.1 Å². The molecular formula is C15H22F3NO. The Morgan fingerprint density at radius 3 is 2.30 bits per heavy atom. The molecule has 0 aromatic heterocycles.